The smallest absolute Gasteiger partial charge is 0.232 e. The number of hydrogen-bond acceptors (Lipinski definition) is 7. The number of fused-ring (bicyclic) bond motifs is 1. The minimum atomic E-state index is -1.02. The molecular weight excluding hydrogens is 533 g/mol. The lowest BCUT2D eigenvalue weighted by Crippen LogP contribution is -2.39. The Kier molecular flexibility index (Phi) is 11.7. The van der Waals surface area contributed by atoms with E-state index in [1.807, 2.05) is 12.1 Å². The monoisotopic (exact) mass is 567 g/mol. The molecule has 1 aliphatic heterocycles. The fraction of sp³-hybridized carbons (Fsp3) is 0.481. The van der Waals surface area contributed by atoms with Gasteiger partial charge in [-0.25, -0.2) is 0 Å². The molecule has 1 unspecified atom stereocenters. The first-order chi connectivity index (χ1) is 17.7. The van der Waals surface area contributed by atoms with Crippen LogP contribution < -0.4 is 10.0 Å². The lowest BCUT2D eigenvalue weighted by Gasteiger charge is -2.33. The summed E-state index contributed by atoms with van der Waals surface area (Å²) in [6, 6.07) is 12.4. The van der Waals surface area contributed by atoms with Crippen molar-refractivity contribution < 1.29 is 19.1 Å². The van der Waals surface area contributed by atoms with Gasteiger partial charge in [0.25, 0.3) is 0 Å². The summed E-state index contributed by atoms with van der Waals surface area (Å²) in [6.07, 6.45) is 0.640. The maximum atomic E-state index is 11.8. The number of aldehydes is 1. The molecule has 0 spiro atoms. The Bertz CT molecular complexity index is 1070. The highest BCUT2D eigenvalue weighted by Gasteiger charge is 2.27. The van der Waals surface area contributed by atoms with Crippen molar-refractivity contribution in [3.8, 4) is 0 Å². The maximum absolute atomic E-state index is 11.8. The van der Waals surface area contributed by atoms with Crippen molar-refractivity contribution in [1.29, 1.82) is 0 Å². The van der Waals surface area contributed by atoms with Crippen LogP contribution >= 0.6 is 35.1 Å². The van der Waals surface area contributed by atoms with Crippen molar-refractivity contribution in [3.63, 3.8) is 0 Å². The summed E-state index contributed by atoms with van der Waals surface area (Å²) >= 11 is 14.4. The first kappa shape index (κ1) is 29.9. The molecule has 0 aliphatic carbocycles. The van der Waals surface area contributed by atoms with Gasteiger partial charge in [0, 0.05) is 47.0 Å². The average Bonchev–Trinajstić information content (AvgIpc) is 2.87. The number of ether oxygens (including phenoxy) is 2. The van der Waals surface area contributed by atoms with Crippen molar-refractivity contribution >= 4 is 47.3 Å². The van der Waals surface area contributed by atoms with Crippen molar-refractivity contribution in [2.24, 2.45) is 5.41 Å². The molecule has 202 valence electrons. The van der Waals surface area contributed by atoms with Gasteiger partial charge in [0.15, 0.2) is 0 Å². The molecule has 0 bridgehead atoms. The summed E-state index contributed by atoms with van der Waals surface area (Å²) in [5.74, 6) is -0.0974. The highest BCUT2D eigenvalue weighted by molar-refractivity contribution is 7.97. The molecule has 7 nitrogen and oxygen atoms in total. The summed E-state index contributed by atoms with van der Waals surface area (Å²) in [5, 5.41) is 4.07. The van der Waals surface area contributed by atoms with Gasteiger partial charge >= 0.3 is 0 Å². The van der Waals surface area contributed by atoms with Crippen LogP contribution in [0.15, 0.2) is 41.3 Å². The highest BCUT2D eigenvalue weighted by atomic mass is 35.5. The summed E-state index contributed by atoms with van der Waals surface area (Å²) in [7, 11) is 2.11. The fourth-order valence-corrected chi connectivity index (χ4v) is 5.28. The molecule has 1 aliphatic rings. The molecule has 0 fully saturated rings. The van der Waals surface area contributed by atoms with Gasteiger partial charge in [0.2, 0.25) is 5.91 Å². The molecule has 0 saturated heterocycles. The van der Waals surface area contributed by atoms with E-state index < -0.39 is 5.41 Å². The topological polar surface area (TPSA) is 79.9 Å². The molecule has 10 heteroatoms. The number of hydrogen-bond donors (Lipinski definition) is 2. The minimum absolute atomic E-state index is 0.207. The Balaban J connectivity index is 1.35. The van der Waals surface area contributed by atoms with Crippen molar-refractivity contribution in [1.82, 2.24) is 14.9 Å². The van der Waals surface area contributed by atoms with E-state index in [0.29, 0.717) is 50.8 Å². The van der Waals surface area contributed by atoms with Crippen molar-refractivity contribution in [2.45, 2.75) is 31.2 Å². The van der Waals surface area contributed by atoms with Gasteiger partial charge in [0.05, 0.1) is 31.8 Å². The number of carbonyl (C=O) groups is 2. The summed E-state index contributed by atoms with van der Waals surface area (Å²) in [6.45, 7) is 7.75. The number of rotatable bonds is 14. The molecule has 1 amide bonds. The predicted molar refractivity (Wildman–Crippen MR) is 149 cm³/mol. The fourth-order valence-electron chi connectivity index (χ4n) is 4.01. The van der Waals surface area contributed by atoms with Gasteiger partial charge in [-0.3, -0.25) is 9.52 Å². The second-order valence-electron chi connectivity index (χ2n) is 9.59. The van der Waals surface area contributed by atoms with E-state index in [1.165, 1.54) is 11.1 Å². The Morgan fingerprint density at radius 2 is 1.86 bits per heavy atom. The third-order valence-corrected chi connectivity index (χ3v) is 7.47. The predicted octanol–water partition coefficient (Wildman–Crippen LogP) is 4.54. The molecule has 2 aromatic rings. The molecule has 2 N–H and O–H groups in total. The van der Waals surface area contributed by atoms with Crippen LogP contribution in [0.2, 0.25) is 10.0 Å². The van der Waals surface area contributed by atoms with Gasteiger partial charge in [-0.05, 0) is 73.8 Å². The zero-order valence-corrected chi connectivity index (χ0v) is 23.8. The van der Waals surface area contributed by atoms with E-state index in [-0.39, 0.29) is 11.8 Å². The Morgan fingerprint density at radius 1 is 1.14 bits per heavy atom. The van der Waals surface area contributed by atoms with Crippen LogP contribution in [0.4, 0.5) is 0 Å². The summed E-state index contributed by atoms with van der Waals surface area (Å²) < 4.78 is 14.4. The first-order valence-corrected chi connectivity index (χ1v) is 13.8. The van der Waals surface area contributed by atoms with E-state index in [1.54, 1.807) is 25.8 Å². The molecule has 0 radical (unpaired) electrons. The number of nitrogens with zero attached hydrogens (tertiary/aromatic N) is 1. The molecule has 0 aromatic heterocycles. The summed E-state index contributed by atoms with van der Waals surface area (Å²) in [4.78, 5) is 26.1. The average molecular weight is 569 g/mol. The highest BCUT2D eigenvalue weighted by Crippen LogP contribution is 2.39. The lowest BCUT2D eigenvalue weighted by molar-refractivity contribution is -0.134. The second kappa shape index (κ2) is 14.5. The van der Waals surface area contributed by atoms with Gasteiger partial charge in [-0.1, -0.05) is 35.3 Å². The molecular formula is C27H35Cl2N3O4S. The van der Waals surface area contributed by atoms with Crippen LogP contribution in [0.1, 0.15) is 36.5 Å². The number of amides is 1. The van der Waals surface area contributed by atoms with E-state index >= 15 is 0 Å². The zero-order valence-electron chi connectivity index (χ0n) is 21.5. The molecule has 1 heterocycles. The van der Waals surface area contributed by atoms with Crippen LogP contribution in [0, 0.1) is 5.41 Å². The number of benzene rings is 2. The van der Waals surface area contributed by atoms with E-state index in [0.717, 1.165) is 28.6 Å². The first-order valence-electron chi connectivity index (χ1n) is 12.3. The lowest BCUT2D eigenvalue weighted by atomic mass is 9.85. The minimum Gasteiger partial charge on any atom is -0.378 e. The quantitative estimate of drug-likeness (QED) is 0.150. The molecule has 1 atom stereocenters. The Hall–Kier alpha value is -1.65. The van der Waals surface area contributed by atoms with E-state index in [9.17, 15) is 9.59 Å². The van der Waals surface area contributed by atoms with Crippen LogP contribution in [-0.4, -0.2) is 70.2 Å². The van der Waals surface area contributed by atoms with Crippen LogP contribution in [-0.2, 0) is 25.6 Å². The molecule has 0 saturated carbocycles. The maximum Gasteiger partial charge on any atom is 0.232 e. The zero-order chi connectivity index (χ0) is 26.8. The van der Waals surface area contributed by atoms with Crippen molar-refractivity contribution in [3.05, 3.63) is 63.1 Å². The van der Waals surface area contributed by atoms with Crippen molar-refractivity contribution in [2.75, 3.05) is 53.1 Å². The third-order valence-electron chi connectivity index (χ3n) is 6.08. The number of halogens is 2. The van der Waals surface area contributed by atoms with Gasteiger partial charge in [-0.2, -0.15) is 0 Å². The van der Waals surface area contributed by atoms with Gasteiger partial charge < -0.3 is 24.5 Å². The van der Waals surface area contributed by atoms with Crippen LogP contribution in [0.3, 0.4) is 0 Å². The van der Waals surface area contributed by atoms with E-state index in [2.05, 4.69) is 46.3 Å². The van der Waals surface area contributed by atoms with Crippen LogP contribution in [0.5, 0.6) is 0 Å². The molecule has 3 rings (SSSR count). The third kappa shape index (κ3) is 8.96. The Labute approximate surface area is 233 Å². The van der Waals surface area contributed by atoms with Gasteiger partial charge in [0.1, 0.15) is 6.29 Å². The molecule has 2 aromatic carbocycles. The molecule has 37 heavy (non-hydrogen) atoms. The number of carbonyl (C=O) groups excluding carboxylic acids is 2. The Morgan fingerprint density at radius 3 is 2.59 bits per heavy atom. The number of likely N-dealkylation sites (N-methyl/N-ethyl adjacent to an activating group) is 1. The largest absolute Gasteiger partial charge is 0.378 e. The standard InChI is InChI=1S/C27H35Cl2N3O4S/c1-27(2,18-33)26(34)30-7-9-35-11-12-36-10-8-31-37-21-6-4-5-19(13-21)23-16-32(3)17-24-22(23)14-20(28)15-25(24)29/h4-6,13-15,18,23,31H,7-12,16-17H2,1-3H3,(H,30,34). The van der Waals surface area contributed by atoms with E-state index in [4.69, 9.17) is 32.7 Å². The SMILES string of the molecule is CN1Cc2c(Cl)cc(Cl)cc2C(c2cccc(SNCCOCCOCCNC(=O)C(C)(C)C=O)c2)C1. The second-order valence-corrected chi connectivity index (χ2v) is 11.4. The van der Waals surface area contributed by atoms with Gasteiger partial charge in [-0.15, -0.1) is 0 Å². The van der Waals surface area contributed by atoms with Crippen LogP contribution in [0.25, 0.3) is 0 Å². The normalized spacial score (nSPS) is 15.9. The number of nitrogens with one attached hydrogen (secondary N) is 2. The summed E-state index contributed by atoms with van der Waals surface area (Å²) in [5.41, 5.74) is 2.57.